The summed E-state index contributed by atoms with van der Waals surface area (Å²) in [6, 6.07) is 134. The Hall–Kier alpha value is -15.3. The molecule has 22 rings (SSSR count). The molecule has 8 heterocycles. The number of nitrogens with zero attached hydrogens (tertiary/aromatic N) is 11. The van der Waals surface area contributed by atoms with Crippen LogP contribution in [0.15, 0.2) is 395 Å². The molecule has 0 saturated carbocycles. The monoisotopic (exact) mass is 1430 g/mol. The van der Waals surface area contributed by atoms with E-state index in [-0.39, 0.29) is 0 Å². The summed E-state index contributed by atoms with van der Waals surface area (Å²) >= 11 is 0. The molecule has 11 heteroatoms. The van der Waals surface area contributed by atoms with E-state index in [4.69, 9.17) is 34.9 Å². The van der Waals surface area contributed by atoms with E-state index in [2.05, 4.69) is 291 Å². The van der Waals surface area contributed by atoms with Gasteiger partial charge >= 0.3 is 0 Å². The van der Waals surface area contributed by atoms with Gasteiger partial charge in [-0.15, -0.1) is 0 Å². The Bertz CT molecular complexity index is 6770. The van der Waals surface area contributed by atoms with E-state index < -0.39 is 0 Å². The number of fused-ring (bicyclic) bond motifs is 12. The van der Waals surface area contributed by atoms with Crippen LogP contribution in [0.2, 0.25) is 0 Å². The van der Waals surface area contributed by atoms with Crippen molar-refractivity contribution in [3.8, 4) is 113 Å². The van der Waals surface area contributed by atoms with Crippen molar-refractivity contribution in [2.75, 3.05) is 0 Å². The number of benzene rings is 14. The lowest BCUT2D eigenvalue weighted by Gasteiger charge is -2.11. The molecule has 0 aliphatic heterocycles. The lowest BCUT2D eigenvalue weighted by atomic mass is 9.98. The molecule has 0 aliphatic carbocycles. The minimum absolute atomic E-state index is 0.622. The zero-order valence-electron chi connectivity index (χ0n) is 60.4. The van der Waals surface area contributed by atoms with Gasteiger partial charge in [0.25, 0.3) is 0 Å². The third-order valence-electron chi connectivity index (χ3n) is 21.4. The molecule has 0 atom stereocenters. The Morgan fingerprint density at radius 1 is 0.179 bits per heavy atom. The summed E-state index contributed by atoms with van der Waals surface area (Å²) < 4.78 is 9.25. The minimum atomic E-state index is 0.622. The van der Waals surface area contributed by atoms with E-state index in [1.165, 1.54) is 60.3 Å². The molecule has 0 N–H and O–H groups in total. The van der Waals surface area contributed by atoms with E-state index in [0.717, 1.165) is 117 Å². The lowest BCUT2D eigenvalue weighted by Crippen LogP contribution is -2.00. The number of rotatable bonds is 12. The molecular formula is C101H65N11. The maximum absolute atomic E-state index is 5.06. The Balaban J connectivity index is 0.000000141. The molecule has 0 unspecified atom stereocenters. The zero-order valence-corrected chi connectivity index (χ0v) is 60.4. The standard InChI is InChI=1S/C51H33N5.C50H32N6/c1-4-14-34(15-5-1)44-33-45(35-16-6-2-7-17-35)54-50(53-44)36-25-28-39(29-26-36)56-47-30-27-37(32-43(47)41-22-13-31-52-51(41)56)40-21-12-24-48-49(40)42-20-10-11-23-46(42)55(48)38-18-8-3-9-19-38;1-4-14-33(15-5-1)47-52-48(34-16-6-2-7-17-34)54-49(53-47)35-25-28-38(29-26-35)56-44-30-27-36(32-42(44)40-22-13-31-51-50(40)56)39-21-12-24-45-46(39)41-20-10-11-23-43(41)55(45)37-18-8-3-9-19-37/h1-33H;1-32H. The summed E-state index contributed by atoms with van der Waals surface area (Å²) in [6.45, 7) is 0. The van der Waals surface area contributed by atoms with E-state index in [1.807, 2.05) is 122 Å². The molecular weight excluding hydrogens is 1370 g/mol. The van der Waals surface area contributed by atoms with Crippen LogP contribution in [-0.2, 0) is 0 Å². The van der Waals surface area contributed by atoms with Crippen LogP contribution < -0.4 is 0 Å². The van der Waals surface area contributed by atoms with Gasteiger partial charge in [0.05, 0.1) is 44.5 Å². The summed E-state index contributed by atoms with van der Waals surface area (Å²) in [4.78, 5) is 34.7. The van der Waals surface area contributed by atoms with Gasteiger partial charge in [0.1, 0.15) is 11.3 Å². The summed E-state index contributed by atoms with van der Waals surface area (Å²) in [7, 11) is 0. The highest BCUT2D eigenvalue weighted by Crippen LogP contribution is 2.44. The second-order valence-corrected chi connectivity index (χ2v) is 28.0. The van der Waals surface area contributed by atoms with Crippen molar-refractivity contribution < 1.29 is 0 Å². The predicted octanol–water partition coefficient (Wildman–Crippen LogP) is 24.9. The van der Waals surface area contributed by atoms with Crippen molar-refractivity contribution in [1.29, 1.82) is 0 Å². The molecule has 0 saturated heterocycles. The van der Waals surface area contributed by atoms with Gasteiger partial charge in [0, 0.05) is 112 Å². The molecule has 22 aromatic rings. The first-order valence-corrected chi connectivity index (χ1v) is 37.6. The van der Waals surface area contributed by atoms with Crippen LogP contribution in [0.4, 0.5) is 0 Å². The summed E-state index contributed by atoms with van der Waals surface area (Å²) in [5, 5.41) is 9.48. The normalized spacial score (nSPS) is 11.6. The molecule has 14 aromatic carbocycles. The number of pyridine rings is 2. The second-order valence-electron chi connectivity index (χ2n) is 28.0. The molecule has 0 radical (unpaired) electrons. The van der Waals surface area contributed by atoms with Crippen LogP contribution in [0.1, 0.15) is 0 Å². The molecule has 11 nitrogen and oxygen atoms in total. The number of para-hydroxylation sites is 4. The van der Waals surface area contributed by atoms with Crippen LogP contribution in [0.5, 0.6) is 0 Å². The minimum Gasteiger partial charge on any atom is -0.309 e. The first-order valence-electron chi connectivity index (χ1n) is 37.6. The Morgan fingerprint density at radius 3 is 0.884 bits per heavy atom. The van der Waals surface area contributed by atoms with Gasteiger partial charge in [0.2, 0.25) is 0 Å². The highest BCUT2D eigenvalue weighted by Gasteiger charge is 2.23. The number of hydrogen-bond acceptors (Lipinski definition) is 7. The largest absolute Gasteiger partial charge is 0.309 e. The van der Waals surface area contributed by atoms with Crippen LogP contribution in [-0.4, -0.2) is 53.2 Å². The summed E-state index contributed by atoms with van der Waals surface area (Å²) in [5.41, 5.74) is 25.5. The quantitative estimate of drug-likeness (QED) is 0.120. The fourth-order valence-electron chi connectivity index (χ4n) is 16.3. The fraction of sp³-hybridized carbons (Fsp3) is 0. The van der Waals surface area contributed by atoms with Gasteiger partial charge < -0.3 is 9.13 Å². The number of aromatic nitrogens is 11. The van der Waals surface area contributed by atoms with Gasteiger partial charge in [-0.25, -0.2) is 34.9 Å². The Morgan fingerprint density at radius 2 is 0.482 bits per heavy atom. The van der Waals surface area contributed by atoms with Crippen LogP contribution in [0.25, 0.3) is 201 Å². The molecule has 0 fully saturated rings. The van der Waals surface area contributed by atoms with E-state index in [0.29, 0.717) is 23.3 Å². The molecule has 112 heavy (non-hydrogen) atoms. The van der Waals surface area contributed by atoms with Gasteiger partial charge in [-0.2, -0.15) is 0 Å². The van der Waals surface area contributed by atoms with Crippen molar-refractivity contribution in [2.45, 2.75) is 0 Å². The van der Waals surface area contributed by atoms with Crippen molar-refractivity contribution in [1.82, 2.24) is 53.2 Å². The third kappa shape index (κ3) is 11.3. The van der Waals surface area contributed by atoms with Crippen molar-refractivity contribution >= 4 is 87.5 Å². The van der Waals surface area contributed by atoms with Crippen LogP contribution in [0, 0.1) is 0 Å². The SMILES string of the molecule is c1ccc(-c2cc(-c3ccccc3)nc(-c3ccc(-n4c5ccc(-c6cccc7c6c6ccccc6n7-c6ccccc6)cc5c5cccnc54)cc3)n2)cc1.c1ccc(-c2nc(-c3ccccc3)nc(-c3ccc(-n4c5ccc(-c6cccc7c6c6ccccc6n7-c6ccccc6)cc5c5cccnc54)cc3)n2)cc1. The van der Waals surface area contributed by atoms with Crippen molar-refractivity contribution in [3.05, 3.63) is 395 Å². The molecule has 0 bridgehead atoms. The number of hydrogen-bond donors (Lipinski definition) is 0. The van der Waals surface area contributed by atoms with E-state index in [1.54, 1.807) is 0 Å². The average Bonchev–Trinajstić information content (AvgIpc) is 1.58. The molecule has 8 aromatic heterocycles. The van der Waals surface area contributed by atoms with Crippen molar-refractivity contribution in [2.24, 2.45) is 0 Å². The molecule has 0 spiro atoms. The topological polar surface area (TPSA) is 110 Å². The average molecular weight is 1430 g/mol. The molecule has 524 valence electrons. The fourth-order valence-corrected chi connectivity index (χ4v) is 16.3. The van der Waals surface area contributed by atoms with Gasteiger partial charge in [-0.05, 0) is 174 Å². The first-order chi connectivity index (χ1) is 55.6. The van der Waals surface area contributed by atoms with Crippen LogP contribution >= 0.6 is 0 Å². The highest BCUT2D eigenvalue weighted by atomic mass is 15.1. The molecule has 0 aliphatic rings. The van der Waals surface area contributed by atoms with Crippen LogP contribution in [0.3, 0.4) is 0 Å². The third-order valence-corrected chi connectivity index (χ3v) is 21.4. The van der Waals surface area contributed by atoms with Gasteiger partial charge in [-0.3, -0.25) is 9.13 Å². The van der Waals surface area contributed by atoms with Gasteiger partial charge in [-0.1, -0.05) is 231 Å². The molecule has 0 amide bonds. The maximum atomic E-state index is 5.06. The van der Waals surface area contributed by atoms with Gasteiger partial charge in [0.15, 0.2) is 23.3 Å². The maximum Gasteiger partial charge on any atom is 0.164 e. The first kappa shape index (κ1) is 65.0. The van der Waals surface area contributed by atoms with E-state index >= 15 is 0 Å². The summed E-state index contributed by atoms with van der Waals surface area (Å²) in [5.74, 6) is 2.59. The Kier molecular flexibility index (Phi) is 15.9. The predicted molar refractivity (Wildman–Crippen MR) is 458 cm³/mol. The van der Waals surface area contributed by atoms with Crippen molar-refractivity contribution in [3.63, 3.8) is 0 Å². The lowest BCUT2D eigenvalue weighted by molar-refractivity contribution is 1.07. The summed E-state index contributed by atoms with van der Waals surface area (Å²) in [6.07, 6.45) is 3.74. The smallest absolute Gasteiger partial charge is 0.164 e. The highest BCUT2D eigenvalue weighted by molar-refractivity contribution is 6.19. The Labute approximate surface area is 644 Å². The zero-order chi connectivity index (χ0) is 74.0. The second kappa shape index (κ2) is 27.5. The van der Waals surface area contributed by atoms with E-state index in [9.17, 15) is 0 Å².